The van der Waals surface area contributed by atoms with Gasteiger partial charge in [0.2, 0.25) is 0 Å². The first-order valence-electron chi connectivity index (χ1n) is 5.53. The number of anilines is 1. The van der Waals surface area contributed by atoms with Gasteiger partial charge in [0.1, 0.15) is 0 Å². The van der Waals surface area contributed by atoms with E-state index < -0.39 is 16.2 Å². The lowest BCUT2D eigenvalue weighted by Gasteiger charge is -2.18. The van der Waals surface area contributed by atoms with Crippen molar-refractivity contribution in [3.05, 3.63) is 28.2 Å². The Hall–Kier alpha value is -1.02. The van der Waals surface area contributed by atoms with Crippen LogP contribution in [0.4, 0.5) is 5.69 Å². The zero-order valence-corrected chi connectivity index (χ0v) is 13.2. The van der Waals surface area contributed by atoms with Crippen molar-refractivity contribution in [2.24, 2.45) is 0 Å². The van der Waals surface area contributed by atoms with Gasteiger partial charge in [0.05, 0.1) is 29.3 Å². The van der Waals surface area contributed by atoms with Crippen LogP contribution in [0.15, 0.2) is 18.2 Å². The standard InChI is InChI=1S/C11H14Cl2N2O4S/c1-15(7-6-10(16)19-2)20(17,18)14-11-8(12)4-3-5-9(11)13/h3-5,14H,6-7H2,1-2H3. The number of rotatable bonds is 6. The first kappa shape index (κ1) is 17.0. The molecule has 0 aliphatic carbocycles. The number of nitrogens with one attached hydrogen (secondary N) is 1. The summed E-state index contributed by atoms with van der Waals surface area (Å²) in [5.41, 5.74) is 0.0979. The zero-order chi connectivity index (χ0) is 15.3. The zero-order valence-electron chi connectivity index (χ0n) is 10.9. The number of benzene rings is 1. The molecule has 0 radical (unpaired) electrons. The summed E-state index contributed by atoms with van der Waals surface area (Å²) in [7, 11) is -1.29. The molecule has 0 aliphatic rings. The van der Waals surface area contributed by atoms with Gasteiger partial charge in [0.15, 0.2) is 0 Å². The predicted molar refractivity (Wildman–Crippen MR) is 78.3 cm³/mol. The van der Waals surface area contributed by atoms with Crippen molar-refractivity contribution in [1.82, 2.24) is 4.31 Å². The van der Waals surface area contributed by atoms with E-state index >= 15 is 0 Å². The van der Waals surface area contributed by atoms with Crippen molar-refractivity contribution in [2.45, 2.75) is 6.42 Å². The van der Waals surface area contributed by atoms with E-state index in [2.05, 4.69) is 9.46 Å². The van der Waals surface area contributed by atoms with E-state index in [-0.39, 0.29) is 28.7 Å². The number of carbonyl (C=O) groups excluding carboxylic acids is 1. The lowest BCUT2D eigenvalue weighted by atomic mass is 10.3. The average Bonchev–Trinajstić information content (AvgIpc) is 2.39. The molecule has 1 aromatic carbocycles. The van der Waals surface area contributed by atoms with Crippen LogP contribution in [0.1, 0.15) is 6.42 Å². The van der Waals surface area contributed by atoms with Crippen molar-refractivity contribution in [1.29, 1.82) is 0 Å². The number of para-hydroxylation sites is 1. The maximum Gasteiger partial charge on any atom is 0.306 e. The lowest BCUT2D eigenvalue weighted by Crippen LogP contribution is -2.34. The third-order valence-corrected chi connectivity index (χ3v) is 4.56. The highest BCUT2D eigenvalue weighted by Gasteiger charge is 2.21. The van der Waals surface area contributed by atoms with Crippen LogP contribution in [0.3, 0.4) is 0 Å². The molecule has 112 valence electrons. The summed E-state index contributed by atoms with van der Waals surface area (Å²) in [5.74, 6) is -0.497. The molecule has 0 fully saturated rings. The quantitative estimate of drug-likeness (QED) is 0.805. The molecule has 6 nitrogen and oxygen atoms in total. The SMILES string of the molecule is COC(=O)CCN(C)S(=O)(=O)Nc1c(Cl)cccc1Cl. The van der Waals surface area contributed by atoms with Crippen LogP contribution >= 0.6 is 23.2 Å². The summed E-state index contributed by atoms with van der Waals surface area (Å²) in [6.45, 7) is -0.0237. The summed E-state index contributed by atoms with van der Waals surface area (Å²) < 4.78 is 31.8. The van der Waals surface area contributed by atoms with Crippen LogP contribution in [-0.2, 0) is 19.7 Å². The summed E-state index contributed by atoms with van der Waals surface area (Å²) in [5, 5.41) is 0.366. The van der Waals surface area contributed by atoms with Crippen molar-refractivity contribution >= 4 is 45.1 Å². The fraction of sp³-hybridized carbons (Fsp3) is 0.364. The second kappa shape index (κ2) is 7.12. The number of methoxy groups -OCH3 is 1. The van der Waals surface area contributed by atoms with E-state index in [1.165, 1.54) is 26.3 Å². The first-order chi connectivity index (χ1) is 9.27. The summed E-state index contributed by atoms with van der Waals surface area (Å²) >= 11 is 11.8. The number of carbonyl (C=O) groups is 1. The topological polar surface area (TPSA) is 75.7 Å². The molecule has 20 heavy (non-hydrogen) atoms. The van der Waals surface area contributed by atoms with Gasteiger partial charge in [-0.1, -0.05) is 29.3 Å². The largest absolute Gasteiger partial charge is 0.469 e. The summed E-state index contributed by atoms with van der Waals surface area (Å²) in [4.78, 5) is 11.0. The molecular formula is C11H14Cl2N2O4S. The Labute approximate surface area is 127 Å². The van der Waals surface area contributed by atoms with Crippen molar-refractivity contribution < 1.29 is 17.9 Å². The molecule has 0 aliphatic heterocycles. The minimum absolute atomic E-state index is 0.0237. The van der Waals surface area contributed by atoms with Crippen LogP contribution in [0.25, 0.3) is 0 Å². The fourth-order valence-corrected chi connectivity index (χ4v) is 2.84. The molecule has 0 atom stereocenters. The molecule has 0 bridgehead atoms. The van der Waals surface area contributed by atoms with Gasteiger partial charge in [-0.05, 0) is 12.1 Å². The van der Waals surface area contributed by atoms with Crippen LogP contribution < -0.4 is 4.72 Å². The molecule has 1 N–H and O–H groups in total. The van der Waals surface area contributed by atoms with Crippen LogP contribution in [0, 0.1) is 0 Å². The predicted octanol–water partition coefficient (Wildman–Crippen LogP) is 2.14. The van der Waals surface area contributed by atoms with Gasteiger partial charge in [-0.15, -0.1) is 0 Å². The van der Waals surface area contributed by atoms with Gasteiger partial charge < -0.3 is 4.74 Å². The van der Waals surface area contributed by atoms with Crippen molar-refractivity contribution in [2.75, 3.05) is 25.4 Å². The van der Waals surface area contributed by atoms with E-state index in [4.69, 9.17) is 23.2 Å². The third kappa shape index (κ3) is 4.52. The highest BCUT2D eigenvalue weighted by atomic mass is 35.5. The fourth-order valence-electron chi connectivity index (χ4n) is 1.27. The number of ether oxygens (including phenoxy) is 1. The molecule has 0 saturated heterocycles. The van der Waals surface area contributed by atoms with Gasteiger partial charge >= 0.3 is 16.2 Å². The number of halogens is 2. The monoisotopic (exact) mass is 340 g/mol. The summed E-state index contributed by atoms with van der Waals surface area (Å²) in [6, 6.07) is 4.63. The van der Waals surface area contributed by atoms with E-state index in [1.807, 2.05) is 0 Å². The molecule has 0 saturated carbocycles. The molecule has 0 unspecified atom stereocenters. The number of nitrogens with zero attached hydrogens (tertiary/aromatic N) is 1. The molecular weight excluding hydrogens is 327 g/mol. The second-order valence-corrected chi connectivity index (χ2v) is 6.44. The van der Waals surface area contributed by atoms with Gasteiger partial charge in [-0.2, -0.15) is 12.7 Å². The van der Waals surface area contributed by atoms with Crippen LogP contribution in [0.5, 0.6) is 0 Å². The third-order valence-electron chi connectivity index (χ3n) is 2.46. The molecule has 0 amide bonds. The van der Waals surface area contributed by atoms with Gasteiger partial charge in [0, 0.05) is 13.6 Å². The van der Waals surface area contributed by atoms with Crippen LogP contribution in [0.2, 0.25) is 10.0 Å². The number of hydrogen-bond donors (Lipinski definition) is 1. The maximum atomic E-state index is 12.1. The van der Waals surface area contributed by atoms with Crippen LogP contribution in [-0.4, -0.2) is 39.4 Å². The maximum absolute atomic E-state index is 12.1. The molecule has 0 spiro atoms. The molecule has 1 aromatic rings. The minimum Gasteiger partial charge on any atom is -0.469 e. The normalized spacial score (nSPS) is 11.4. The number of esters is 1. The number of hydrogen-bond acceptors (Lipinski definition) is 4. The molecule has 9 heteroatoms. The Balaban J connectivity index is 2.82. The van der Waals surface area contributed by atoms with E-state index in [1.54, 1.807) is 6.07 Å². The van der Waals surface area contributed by atoms with Gasteiger partial charge in [-0.3, -0.25) is 9.52 Å². The van der Waals surface area contributed by atoms with E-state index in [9.17, 15) is 13.2 Å². The molecule has 1 rings (SSSR count). The Morgan fingerprint density at radius 1 is 1.35 bits per heavy atom. The van der Waals surface area contributed by atoms with E-state index in [0.717, 1.165) is 4.31 Å². The average molecular weight is 341 g/mol. The first-order valence-corrected chi connectivity index (χ1v) is 7.72. The minimum atomic E-state index is -3.86. The second-order valence-electron chi connectivity index (χ2n) is 3.85. The van der Waals surface area contributed by atoms with Gasteiger partial charge in [-0.25, -0.2) is 0 Å². The molecule has 0 heterocycles. The Morgan fingerprint density at radius 3 is 2.40 bits per heavy atom. The Morgan fingerprint density at radius 2 is 1.90 bits per heavy atom. The smallest absolute Gasteiger partial charge is 0.306 e. The highest BCUT2D eigenvalue weighted by molar-refractivity contribution is 7.90. The lowest BCUT2D eigenvalue weighted by molar-refractivity contribution is -0.140. The van der Waals surface area contributed by atoms with Crippen molar-refractivity contribution in [3.8, 4) is 0 Å². The Kier molecular flexibility index (Phi) is 6.07. The molecule has 0 aromatic heterocycles. The summed E-state index contributed by atoms with van der Waals surface area (Å²) in [6.07, 6.45) is -0.0514. The van der Waals surface area contributed by atoms with E-state index in [0.29, 0.717) is 0 Å². The highest BCUT2D eigenvalue weighted by Crippen LogP contribution is 2.30. The Bertz CT molecular complexity index is 572. The van der Waals surface area contributed by atoms with Gasteiger partial charge in [0.25, 0.3) is 0 Å². The van der Waals surface area contributed by atoms with Crippen molar-refractivity contribution in [3.63, 3.8) is 0 Å².